The molecular formula is C20H24IN5OS. The number of thiophene rings is 1. The van der Waals surface area contributed by atoms with Gasteiger partial charge in [-0.2, -0.15) is 0 Å². The zero-order valence-electron chi connectivity index (χ0n) is 15.7. The molecule has 0 bridgehead atoms. The van der Waals surface area contributed by atoms with Crippen LogP contribution in [0.15, 0.2) is 46.8 Å². The van der Waals surface area contributed by atoms with Gasteiger partial charge in [0.25, 0.3) is 0 Å². The van der Waals surface area contributed by atoms with Crippen LogP contribution in [0.25, 0.3) is 0 Å². The van der Waals surface area contributed by atoms with E-state index in [-0.39, 0.29) is 36.4 Å². The third kappa shape index (κ3) is 5.87. The number of amides is 1. The number of aliphatic imine (C=N–C) groups is 1. The highest BCUT2D eigenvalue weighted by molar-refractivity contribution is 14.0. The van der Waals surface area contributed by atoms with Gasteiger partial charge in [-0.15, -0.1) is 41.7 Å². The second-order valence-corrected chi connectivity index (χ2v) is 7.03. The molecule has 2 aromatic rings. The fourth-order valence-corrected chi connectivity index (χ4v) is 3.76. The molecule has 0 radical (unpaired) electrons. The van der Waals surface area contributed by atoms with Crippen molar-refractivity contribution >= 4 is 57.9 Å². The third-order valence-electron chi connectivity index (χ3n) is 4.33. The standard InChI is InChI=1S/C20H23N5OS.HI/c1-3-16-6-4-7-17(14-16)23-18(26)15-22-20(21-2)25-11-9-24(10-12-25)19-8-5-13-27-19;/h1,4-8,13-14H,9-12,15H2,2H3,(H,21,22)(H,23,26);1H. The Labute approximate surface area is 187 Å². The molecule has 0 aliphatic carbocycles. The number of guanidine groups is 1. The topological polar surface area (TPSA) is 60.0 Å². The fraction of sp³-hybridized carbons (Fsp3) is 0.300. The Morgan fingerprint density at radius 3 is 2.68 bits per heavy atom. The van der Waals surface area contributed by atoms with E-state index in [0.29, 0.717) is 5.69 Å². The van der Waals surface area contributed by atoms with Crippen LogP contribution in [0.4, 0.5) is 10.7 Å². The number of anilines is 2. The van der Waals surface area contributed by atoms with Crippen LogP contribution in [0.1, 0.15) is 5.56 Å². The Bertz CT molecular complexity index is 839. The number of hydrogen-bond donors (Lipinski definition) is 2. The lowest BCUT2D eigenvalue weighted by atomic mass is 10.2. The summed E-state index contributed by atoms with van der Waals surface area (Å²) in [6, 6.07) is 11.5. The van der Waals surface area contributed by atoms with Crippen molar-refractivity contribution in [2.75, 3.05) is 50.0 Å². The highest BCUT2D eigenvalue weighted by Gasteiger charge is 2.20. The first-order valence-electron chi connectivity index (χ1n) is 8.80. The van der Waals surface area contributed by atoms with Crippen LogP contribution < -0.4 is 15.5 Å². The Kier molecular flexibility index (Phi) is 8.60. The summed E-state index contributed by atoms with van der Waals surface area (Å²) in [6.07, 6.45) is 5.39. The molecule has 8 heteroatoms. The van der Waals surface area contributed by atoms with Crippen molar-refractivity contribution in [2.45, 2.75) is 0 Å². The van der Waals surface area contributed by atoms with E-state index in [2.05, 4.69) is 48.9 Å². The van der Waals surface area contributed by atoms with Crippen LogP contribution in [-0.4, -0.2) is 56.5 Å². The molecule has 1 fully saturated rings. The van der Waals surface area contributed by atoms with Gasteiger partial charge in [-0.25, -0.2) is 0 Å². The van der Waals surface area contributed by atoms with Gasteiger partial charge in [0.2, 0.25) is 5.91 Å². The number of carbonyl (C=O) groups is 1. The predicted molar refractivity (Wildman–Crippen MR) is 128 cm³/mol. The number of nitrogens with zero attached hydrogens (tertiary/aromatic N) is 3. The van der Waals surface area contributed by atoms with Crippen LogP contribution in [-0.2, 0) is 4.79 Å². The molecule has 1 aliphatic rings. The van der Waals surface area contributed by atoms with E-state index in [9.17, 15) is 4.79 Å². The Hall–Kier alpha value is -2.25. The number of hydrogen-bond acceptors (Lipinski definition) is 4. The van der Waals surface area contributed by atoms with E-state index >= 15 is 0 Å². The van der Waals surface area contributed by atoms with Crippen molar-refractivity contribution in [3.8, 4) is 12.3 Å². The minimum Gasteiger partial charge on any atom is -0.360 e. The van der Waals surface area contributed by atoms with Gasteiger partial charge in [-0.05, 0) is 35.7 Å². The van der Waals surface area contributed by atoms with Gasteiger partial charge in [0.05, 0.1) is 11.5 Å². The smallest absolute Gasteiger partial charge is 0.243 e. The molecule has 1 aromatic carbocycles. The molecule has 6 nitrogen and oxygen atoms in total. The Morgan fingerprint density at radius 2 is 2.04 bits per heavy atom. The molecule has 0 unspecified atom stereocenters. The van der Waals surface area contributed by atoms with E-state index in [1.165, 1.54) is 5.00 Å². The van der Waals surface area contributed by atoms with Crippen molar-refractivity contribution in [2.24, 2.45) is 4.99 Å². The second kappa shape index (κ2) is 10.9. The second-order valence-electron chi connectivity index (χ2n) is 6.10. The third-order valence-corrected chi connectivity index (χ3v) is 5.26. The summed E-state index contributed by atoms with van der Waals surface area (Å²) in [6.45, 7) is 3.75. The van der Waals surface area contributed by atoms with Gasteiger partial charge < -0.3 is 20.4 Å². The molecule has 1 aromatic heterocycles. The zero-order valence-corrected chi connectivity index (χ0v) is 18.9. The molecule has 2 heterocycles. The van der Waals surface area contributed by atoms with E-state index in [0.717, 1.165) is 37.7 Å². The van der Waals surface area contributed by atoms with Gasteiger partial charge in [0, 0.05) is 44.5 Å². The van der Waals surface area contributed by atoms with Crippen LogP contribution >= 0.6 is 35.3 Å². The largest absolute Gasteiger partial charge is 0.360 e. The first kappa shape index (κ1) is 22.0. The van der Waals surface area contributed by atoms with Gasteiger partial charge in [0.15, 0.2) is 5.96 Å². The number of piperazine rings is 1. The Morgan fingerprint density at radius 1 is 1.25 bits per heavy atom. The van der Waals surface area contributed by atoms with Gasteiger partial charge in [0.1, 0.15) is 0 Å². The SMILES string of the molecule is C#Cc1cccc(NC(=O)CNC(=NC)N2CCN(c3cccs3)CC2)c1.I. The minimum absolute atomic E-state index is 0. The van der Waals surface area contributed by atoms with Crippen LogP contribution in [0.3, 0.4) is 0 Å². The molecule has 3 rings (SSSR count). The van der Waals surface area contributed by atoms with E-state index < -0.39 is 0 Å². The molecule has 0 atom stereocenters. The van der Waals surface area contributed by atoms with E-state index in [4.69, 9.17) is 6.42 Å². The van der Waals surface area contributed by atoms with E-state index in [1.807, 2.05) is 18.2 Å². The molecular weight excluding hydrogens is 485 g/mol. The van der Waals surface area contributed by atoms with Crippen molar-refractivity contribution in [1.29, 1.82) is 0 Å². The lowest BCUT2D eigenvalue weighted by Gasteiger charge is -2.36. The molecule has 1 amide bonds. The first-order chi connectivity index (χ1) is 13.2. The average Bonchev–Trinajstić information content (AvgIpc) is 3.24. The van der Waals surface area contributed by atoms with Crippen LogP contribution in [0, 0.1) is 12.3 Å². The molecule has 148 valence electrons. The summed E-state index contributed by atoms with van der Waals surface area (Å²) in [4.78, 5) is 21.1. The fourth-order valence-electron chi connectivity index (χ4n) is 2.97. The maximum atomic E-state index is 12.2. The van der Waals surface area contributed by atoms with Crippen LogP contribution in [0.5, 0.6) is 0 Å². The summed E-state index contributed by atoms with van der Waals surface area (Å²) in [5.41, 5.74) is 1.43. The highest BCUT2D eigenvalue weighted by atomic mass is 127. The molecule has 0 spiro atoms. The quantitative estimate of drug-likeness (QED) is 0.288. The number of nitrogens with one attached hydrogen (secondary N) is 2. The van der Waals surface area contributed by atoms with Gasteiger partial charge >= 0.3 is 0 Å². The van der Waals surface area contributed by atoms with Crippen molar-refractivity contribution < 1.29 is 4.79 Å². The molecule has 0 saturated carbocycles. The monoisotopic (exact) mass is 509 g/mol. The number of terminal acetylenes is 1. The first-order valence-corrected chi connectivity index (χ1v) is 9.68. The summed E-state index contributed by atoms with van der Waals surface area (Å²) in [5, 5.41) is 9.39. The lowest BCUT2D eigenvalue weighted by molar-refractivity contribution is -0.115. The summed E-state index contributed by atoms with van der Waals surface area (Å²) in [5.74, 6) is 3.17. The molecule has 1 aliphatic heterocycles. The summed E-state index contributed by atoms with van der Waals surface area (Å²) in [7, 11) is 1.74. The minimum atomic E-state index is -0.137. The zero-order chi connectivity index (χ0) is 19.1. The maximum Gasteiger partial charge on any atom is 0.243 e. The molecule has 2 N–H and O–H groups in total. The lowest BCUT2D eigenvalue weighted by Crippen LogP contribution is -2.53. The van der Waals surface area contributed by atoms with Crippen LogP contribution in [0.2, 0.25) is 0 Å². The van der Waals surface area contributed by atoms with Gasteiger partial charge in [-0.1, -0.05) is 12.0 Å². The van der Waals surface area contributed by atoms with Gasteiger partial charge in [-0.3, -0.25) is 9.79 Å². The normalized spacial score (nSPS) is 14.1. The maximum absolute atomic E-state index is 12.2. The van der Waals surface area contributed by atoms with Crippen molar-refractivity contribution in [3.63, 3.8) is 0 Å². The summed E-state index contributed by atoms with van der Waals surface area (Å²) < 4.78 is 0. The molecule has 1 saturated heterocycles. The molecule has 28 heavy (non-hydrogen) atoms. The summed E-state index contributed by atoms with van der Waals surface area (Å²) >= 11 is 1.76. The number of benzene rings is 1. The van der Waals surface area contributed by atoms with Crippen molar-refractivity contribution in [3.05, 3.63) is 47.3 Å². The average molecular weight is 509 g/mol. The Balaban J connectivity index is 0.00000280. The predicted octanol–water partition coefficient (Wildman–Crippen LogP) is 2.68. The highest BCUT2D eigenvalue weighted by Crippen LogP contribution is 2.22. The number of halogens is 1. The number of rotatable bonds is 4. The van der Waals surface area contributed by atoms with Crippen molar-refractivity contribution in [1.82, 2.24) is 10.2 Å². The van der Waals surface area contributed by atoms with E-state index in [1.54, 1.807) is 24.5 Å². The number of carbonyl (C=O) groups excluding carboxylic acids is 1.